The van der Waals surface area contributed by atoms with E-state index in [-0.39, 0.29) is 0 Å². The van der Waals surface area contributed by atoms with Gasteiger partial charge in [0, 0.05) is 13.1 Å². The fourth-order valence-corrected chi connectivity index (χ4v) is 2.03. The van der Waals surface area contributed by atoms with Crippen LogP contribution in [0.5, 0.6) is 0 Å². The lowest BCUT2D eigenvalue weighted by atomic mass is 9.98. The first-order chi connectivity index (χ1) is 10.1. The average molecular weight is 292 g/mol. The van der Waals surface area contributed by atoms with Gasteiger partial charge < -0.3 is 20.7 Å². The summed E-state index contributed by atoms with van der Waals surface area (Å²) < 4.78 is 0. The molecular weight excluding hydrogens is 268 g/mol. The van der Waals surface area contributed by atoms with Crippen molar-refractivity contribution in [2.24, 2.45) is 0 Å². The molecule has 0 spiro atoms. The second kappa shape index (κ2) is 6.71. The number of aromatic nitrogens is 4. The molecule has 0 unspecified atom stereocenters. The van der Waals surface area contributed by atoms with E-state index in [0.717, 1.165) is 18.5 Å². The van der Waals surface area contributed by atoms with Crippen LogP contribution in [-0.4, -0.2) is 43.7 Å². The SMILES string of the molecule is CCCNc1nc(NCC(O)(CC)CC)c2[nH]cnc2n1. The van der Waals surface area contributed by atoms with Crippen molar-refractivity contribution in [3.05, 3.63) is 6.33 Å². The monoisotopic (exact) mass is 292 g/mol. The van der Waals surface area contributed by atoms with Crippen molar-refractivity contribution < 1.29 is 5.11 Å². The summed E-state index contributed by atoms with van der Waals surface area (Å²) >= 11 is 0. The Morgan fingerprint density at radius 3 is 2.62 bits per heavy atom. The minimum atomic E-state index is -0.728. The minimum Gasteiger partial charge on any atom is -0.388 e. The number of hydrogen-bond acceptors (Lipinski definition) is 6. The highest BCUT2D eigenvalue weighted by Gasteiger charge is 2.22. The number of nitrogens with one attached hydrogen (secondary N) is 3. The van der Waals surface area contributed by atoms with Crippen molar-refractivity contribution in [2.45, 2.75) is 45.6 Å². The molecule has 7 heteroatoms. The number of rotatable bonds is 8. The van der Waals surface area contributed by atoms with Crippen molar-refractivity contribution in [2.75, 3.05) is 23.7 Å². The molecule has 4 N–H and O–H groups in total. The van der Waals surface area contributed by atoms with E-state index < -0.39 is 5.60 Å². The van der Waals surface area contributed by atoms with Gasteiger partial charge in [0.25, 0.3) is 0 Å². The Kier molecular flexibility index (Phi) is 4.95. The molecule has 0 aliphatic rings. The summed E-state index contributed by atoms with van der Waals surface area (Å²) in [7, 11) is 0. The molecule has 2 rings (SSSR count). The fraction of sp³-hybridized carbons (Fsp3) is 0.643. The maximum absolute atomic E-state index is 10.4. The van der Waals surface area contributed by atoms with Crippen LogP contribution in [0, 0.1) is 0 Å². The van der Waals surface area contributed by atoms with Gasteiger partial charge in [-0.05, 0) is 19.3 Å². The van der Waals surface area contributed by atoms with Crippen molar-refractivity contribution in [3.63, 3.8) is 0 Å². The molecule has 0 amide bonds. The lowest BCUT2D eigenvalue weighted by Crippen LogP contribution is -2.35. The number of nitrogens with zero attached hydrogens (tertiary/aromatic N) is 3. The maximum atomic E-state index is 10.4. The molecule has 0 atom stereocenters. The average Bonchev–Trinajstić information content (AvgIpc) is 2.98. The van der Waals surface area contributed by atoms with Crippen molar-refractivity contribution in [1.82, 2.24) is 19.9 Å². The lowest BCUT2D eigenvalue weighted by Gasteiger charge is -2.25. The van der Waals surface area contributed by atoms with Gasteiger partial charge in [-0.2, -0.15) is 9.97 Å². The molecule has 0 aromatic carbocycles. The van der Waals surface area contributed by atoms with E-state index in [9.17, 15) is 5.11 Å². The number of aliphatic hydroxyl groups is 1. The predicted molar refractivity (Wildman–Crippen MR) is 84.5 cm³/mol. The lowest BCUT2D eigenvalue weighted by molar-refractivity contribution is 0.0456. The molecule has 2 aromatic rings. The third-order valence-corrected chi connectivity index (χ3v) is 3.72. The molecule has 21 heavy (non-hydrogen) atoms. The zero-order chi connectivity index (χ0) is 15.3. The molecule has 0 saturated carbocycles. The van der Waals surface area contributed by atoms with Crippen LogP contribution in [0.1, 0.15) is 40.0 Å². The number of hydrogen-bond donors (Lipinski definition) is 4. The molecule has 0 fully saturated rings. The summed E-state index contributed by atoms with van der Waals surface area (Å²) in [5.41, 5.74) is 0.642. The summed E-state index contributed by atoms with van der Waals surface area (Å²) in [6.07, 6.45) is 3.97. The van der Waals surface area contributed by atoms with E-state index in [2.05, 4.69) is 37.5 Å². The van der Waals surface area contributed by atoms with Crippen molar-refractivity contribution in [1.29, 1.82) is 0 Å². The highest BCUT2D eigenvalue weighted by molar-refractivity contribution is 5.83. The molecule has 0 bridgehead atoms. The molecule has 0 aliphatic heterocycles. The Morgan fingerprint density at radius 2 is 1.95 bits per heavy atom. The first-order valence-corrected chi connectivity index (χ1v) is 7.53. The Morgan fingerprint density at radius 1 is 1.19 bits per heavy atom. The highest BCUT2D eigenvalue weighted by atomic mass is 16.3. The third kappa shape index (κ3) is 3.60. The van der Waals surface area contributed by atoms with Crippen LogP contribution in [0.3, 0.4) is 0 Å². The van der Waals surface area contributed by atoms with Crippen LogP contribution in [0.15, 0.2) is 6.33 Å². The molecule has 0 radical (unpaired) electrons. The van der Waals surface area contributed by atoms with Crippen molar-refractivity contribution >= 4 is 22.9 Å². The van der Waals surface area contributed by atoms with Gasteiger partial charge >= 0.3 is 0 Å². The number of anilines is 2. The second-order valence-electron chi connectivity index (χ2n) is 5.21. The summed E-state index contributed by atoms with van der Waals surface area (Å²) in [5, 5.41) is 16.8. The van der Waals surface area contributed by atoms with Gasteiger partial charge in [-0.15, -0.1) is 0 Å². The minimum absolute atomic E-state index is 0.443. The van der Waals surface area contributed by atoms with Gasteiger partial charge in [0.05, 0.1) is 11.9 Å². The molecule has 7 nitrogen and oxygen atoms in total. The molecule has 2 heterocycles. The molecule has 2 aromatic heterocycles. The van der Waals surface area contributed by atoms with Gasteiger partial charge in [-0.1, -0.05) is 20.8 Å². The standard InChI is InChI=1S/C14H24N6O/c1-4-7-15-13-19-11(10-12(20-13)18-9-17-10)16-8-14(21,5-2)6-3/h9,21H,4-8H2,1-3H3,(H3,15,16,17,18,19,20). The zero-order valence-corrected chi connectivity index (χ0v) is 12.9. The highest BCUT2D eigenvalue weighted by Crippen LogP contribution is 2.21. The predicted octanol–water partition coefficient (Wildman–Crippen LogP) is 2.14. The normalized spacial score (nSPS) is 11.8. The number of aromatic amines is 1. The Labute approximate surface area is 124 Å². The molecule has 0 saturated heterocycles. The second-order valence-corrected chi connectivity index (χ2v) is 5.21. The third-order valence-electron chi connectivity index (χ3n) is 3.72. The summed E-state index contributed by atoms with van der Waals surface area (Å²) in [5.74, 6) is 1.21. The van der Waals surface area contributed by atoms with Crippen LogP contribution in [0.25, 0.3) is 11.2 Å². The van der Waals surface area contributed by atoms with E-state index in [1.54, 1.807) is 6.33 Å². The van der Waals surface area contributed by atoms with E-state index in [0.29, 0.717) is 36.8 Å². The maximum Gasteiger partial charge on any atom is 0.226 e. The van der Waals surface area contributed by atoms with Crippen LogP contribution in [-0.2, 0) is 0 Å². The Hall–Kier alpha value is -1.89. The number of fused-ring (bicyclic) bond motifs is 1. The largest absolute Gasteiger partial charge is 0.388 e. The Balaban J connectivity index is 2.22. The molecule has 116 valence electrons. The number of imidazole rings is 1. The smallest absolute Gasteiger partial charge is 0.226 e. The van der Waals surface area contributed by atoms with E-state index in [4.69, 9.17) is 0 Å². The van der Waals surface area contributed by atoms with Crippen molar-refractivity contribution in [3.8, 4) is 0 Å². The van der Waals surface area contributed by atoms with E-state index in [1.807, 2.05) is 13.8 Å². The van der Waals surface area contributed by atoms with Gasteiger partial charge in [0.1, 0.15) is 5.52 Å². The van der Waals surface area contributed by atoms with E-state index >= 15 is 0 Å². The van der Waals surface area contributed by atoms with Gasteiger partial charge in [0.15, 0.2) is 11.5 Å². The van der Waals surface area contributed by atoms with E-state index in [1.165, 1.54) is 0 Å². The first kappa shape index (κ1) is 15.5. The zero-order valence-electron chi connectivity index (χ0n) is 12.9. The van der Waals surface area contributed by atoms with Crippen LogP contribution < -0.4 is 10.6 Å². The van der Waals surface area contributed by atoms with Gasteiger partial charge in [-0.25, -0.2) is 4.98 Å². The first-order valence-electron chi connectivity index (χ1n) is 7.53. The summed E-state index contributed by atoms with van der Waals surface area (Å²) in [6, 6.07) is 0. The number of H-pyrrole nitrogens is 1. The Bertz CT molecular complexity index is 578. The van der Waals surface area contributed by atoms with Crippen LogP contribution >= 0.6 is 0 Å². The topological polar surface area (TPSA) is 98.8 Å². The van der Waals surface area contributed by atoms with Crippen LogP contribution in [0.4, 0.5) is 11.8 Å². The quantitative estimate of drug-likeness (QED) is 0.595. The van der Waals surface area contributed by atoms with Gasteiger partial charge in [0.2, 0.25) is 5.95 Å². The molecule has 0 aliphatic carbocycles. The van der Waals surface area contributed by atoms with Gasteiger partial charge in [-0.3, -0.25) is 0 Å². The molecular formula is C14H24N6O. The summed E-state index contributed by atoms with van der Waals surface area (Å²) in [6.45, 7) is 7.29. The summed E-state index contributed by atoms with van der Waals surface area (Å²) in [4.78, 5) is 16.0. The van der Waals surface area contributed by atoms with Crippen LogP contribution in [0.2, 0.25) is 0 Å². The fourth-order valence-electron chi connectivity index (χ4n) is 2.03.